The standard InChI is InChI=1S/C76H67N/c1-7-9-20-63(16-8-2)76(64-36-26-53(4)27-37-64)51-62(48-61-19-12-15-23-72(61)76)54-30-38-65(39-31-54)77(66-40-32-55(33-41-66)70-49-59-17-10-13-21-68(59)73(70)57-28-24-52(3)25-29-57)67-42-34-56(35-43-67)71-50-60-18-11-14-22-69(60)74(71)58-44-46-75(5,6)47-45-58/h7-46,48-50,73-74H,47,51H2,1-6H3/b9-7+,16-8-,63-20+. The van der Waals surface area contributed by atoms with Gasteiger partial charge in [-0.3, -0.25) is 0 Å². The van der Waals surface area contributed by atoms with Crippen LogP contribution in [0.25, 0.3) is 34.9 Å². The van der Waals surface area contributed by atoms with Gasteiger partial charge in [0.15, 0.2) is 0 Å². The molecule has 8 aromatic carbocycles. The van der Waals surface area contributed by atoms with E-state index in [4.69, 9.17) is 0 Å². The first-order valence-electron chi connectivity index (χ1n) is 27.6. The number of fused-ring (bicyclic) bond motifs is 3. The van der Waals surface area contributed by atoms with Crippen LogP contribution in [-0.4, -0.2) is 0 Å². The van der Waals surface area contributed by atoms with Crippen LogP contribution in [0.2, 0.25) is 0 Å². The van der Waals surface area contributed by atoms with Crippen molar-refractivity contribution in [2.45, 2.75) is 71.6 Å². The molecule has 0 spiro atoms. The number of nitrogens with zero attached hydrogens (tertiary/aromatic N) is 1. The van der Waals surface area contributed by atoms with Crippen LogP contribution >= 0.6 is 0 Å². The highest BCUT2D eigenvalue weighted by Crippen LogP contribution is 2.53. The Morgan fingerprint density at radius 1 is 0.519 bits per heavy atom. The molecule has 0 aromatic heterocycles. The molecular weight excluding hydrogens is 927 g/mol. The number of allylic oxidation sites excluding steroid dienone is 13. The third-order valence-electron chi connectivity index (χ3n) is 16.7. The van der Waals surface area contributed by atoms with Crippen molar-refractivity contribution in [3.8, 4) is 0 Å². The van der Waals surface area contributed by atoms with Crippen LogP contribution in [0.1, 0.15) is 125 Å². The molecule has 0 saturated carbocycles. The van der Waals surface area contributed by atoms with Gasteiger partial charge in [-0.05, 0) is 184 Å². The Hall–Kier alpha value is -8.52. The molecule has 0 radical (unpaired) electrons. The Balaban J connectivity index is 0.944. The lowest BCUT2D eigenvalue weighted by molar-refractivity contribution is 0.480. The molecule has 4 aliphatic rings. The lowest BCUT2D eigenvalue weighted by Crippen LogP contribution is -2.33. The number of hydrogen-bond acceptors (Lipinski definition) is 1. The fraction of sp³-hybridized carbons (Fsp3) is 0.158. The van der Waals surface area contributed by atoms with E-state index in [1.165, 1.54) is 100 Å². The van der Waals surface area contributed by atoms with Gasteiger partial charge in [0.1, 0.15) is 0 Å². The van der Waals surface area contributed by atoms with Crippen molar-refractivity contribution in [3.05, 3.63) is 326 Å². The average Bonchev–Trinajstić information content (AvgIpc) is 4.07. The molecule has 0 saturated heterocycles. The van der Waals surface area contributed by atoms with Gasteiger partial charge >= 0.3 is 0 Å². The van der Waals surface area contributed by atoms with Gasteiger partial charge in [0.05, 0.1) is 0 Å². The maximum absolute atomic E-state index is 2.47. The summed E-state index contributed by atoms with van der Waals surface area (Å²) in [5.41, 5.74) is 26.5. The summed E-state index contributed by atoms with van der Waals surface area (Å²) >= 11 is 0. The lowest BCUT2D eigenvalue weighted by Gasteiger charge is -2.41. The summed E-state index contributed by atoms with van der Waals surface area (Å²) in [4.78, 5) is 2.43. The summed E-state index contributed by atoms with van der Waals surface area (Å²) in [6.45, 7) is 13.2. The Bertz CT molecular complexity index is 3770. The van der Waals surface area contributed by atoms with E-state index >= 15 is 0 Å². The predicted octanol–water partition coefficient (Wildman–Crippen LogP) is 20.3. The van der Waals surface area contributed by atoms with Crippen LogP contribution in [0.15, 0.2) is 254 Å². The van der Waals surface area contributed by atoms with Gasteiger partial charge in [-0.1, -0.05) is 237 Å². The minimum Gasteiger partial charge on any atom is -0.311 e. The van der Waals surface area contributed by atoms with Crippen LogP contribution in [0, 0.1) is 19.3 Å². The van der Waals surface area contributed by atoms with Crippen molar-refractivity contribution in [3.63, 3.8) is 0 Å². The third-order valence-corrected chi connectivity index (χ3v) is 16.7. The van der Waals surface area contributed by atoms with E-state index < -0.39 is 5.41 Å². The molecule has 0 bridgehead atoms. The fourth-order valence-electron chi connectivity index (χ4n) is 12.6. The number of anilines is 3. The molecule has 4 aliphatic carbocycles. The zero-order valence-corrected chi connectivity index (χ0v) is 45.3. The topological polar surface area (TPSA) is 3.24 Å². The minimum atomic E-state index is -0.404. The number of benzene rings is 8. The SMILES string of the molecule is C\C=C/C(=C\C=C\C)C1(c2ccc(C)cc2)CC(c2ccc(N(c3ccc(C4=Cc5ccccc5C4C4=CCC(C)(C)C=C4)cc3)c3ccc(C4=Cc5ccccc5C4c4ccc(C)cc4)cc3)cc2)=Cc2ccccc21. The largest absolute Gasteiger partial charge is 0.311 e. The minimum absolute atomic E-state index is 0.165. The maximum Gasteiger partial charge on any atom is 0.0497 e. The smallest absolute Gasteiger partial charge is 0.0497 e. The third kappa shape index (κ3) is 9.29. The number of rotatable bonds is 12. The first-order chi connectivity index (χ1) is 37.6. The Labute approximate surface area is 457 Å². The van der Waals surface area contributed by atoms with E-state index in [0.29, 0.717) is 0 Å². The maximum atomic E-state index is 2.47. The predicted molar refractivity (Wildman–Crippen MR) is 330 cm³/mol. The molecule has 0 aliphatic heterocycles. The molecule has 3 atom stereocenters. The van der Waals surface area contributed by atoms with Crippen LogP contribution in [0.4, 0.5) is 17.1 Å². The highest BCUT2D eigenvalue weighted by atomic mass is 15.1. The molecule has 8 aromatic rings. The summed E-state index contributed by atoms with van der Waals surface area (Å²) in [6, 6.07) is 73.1. The Morgan fingerprint density at radius 2 is 1.04 bits per heavy atom. The molecule has 1 heteroatoms. The number of hydrogen-bond donors (Lipinski definition) is 0. The zero-order chi connectivity index (χ0) is 52.7. The zero-order valence-electron chi connectivity index (χ0n) is 45.3. The van der Waals surface area contributed by atoms with Crippen molar-refractivity contribution in [1.82, 2.24) is 0 Å². The Morgan fingerprint density at radius 3 is 1.60 bits per heavy atom. The van der Waals surface area contributed by atoms with E-state index in [0.717, 1.165) is 29.9 Å². The molecule has 0 heterocycles. The van der Waals surface area contributed by atoms with Crippen molar-refractivity contribution in [1.29, 1.82) is 0 Å². The van der Waals surface area contributed by atoms with Crippen molar-refractivity contribution in [2.75, 3.05) is 4.90 Å². The second kappa shape index (κ2) is 20.5. The second-order valence-electron chi connectivity index (χ2n) is 22.3. The molecule has 3 unspecified atom stereocenters. The van der Waals surface area contributed by atoms with Crippen molar-refractivity contribution >= 4 is 52.0 Å². The lowest BCUT2D eigenvalue weighted by atomic mass is 9.61. The molecule has 376 valence electrons. The van der Waals surface area contributed by atoms with Crippen molar-refractivity contribution in [2.24, 2.45) is 5.41 Å². The molecule has 0 N–H and O–H groups in total. The first-order valence-corrected chi connectivity index (χ1v) is 27.6. The monoisotopic (exact) mass is 994 g/mol. The van der Waals surface area contributed by atoms with E-state index in [1.54, 1.807) is 0 Å². The first kappa shape index (κ1) is 49.4. The van der Waals surface area contributed by atoms with Crippen LogP contribution < -0.4 is 4.90 Å². The van der Waals surface area contributed by atoms with Gasteiger partial charge in [-0.15, -0.1) is 0 Å². The van der Waals surface area contributed by atoms with E-state index in [1.807, 2.05) is 0 Å². The van der Waals surface area contributed by atoms with E-state index in [9.17, 15) is 0 Å². The van der Waals surface area contributed by atoms with Gasteiger partial charge < -0.3 is 4.90 Å². The quantitative estimate of drug-likeness (QED) is 0.110. The molecule has 12 rings (SSSR count). The van der Waals surface area contributed by atoms with E-state index in [-0.39, 0.29) is 17.3 Å². The normalized spacial score (nSPS) is 19.3. The summed E-state index contributed by atoms with van der Waals surface area (Å²) in [5.74, 6) is 0.359. The van der Waals surface area contributed by atoms with Gasteiger partial charge in [-0.2, -0.15) is 0 Å². The average molecular weight is 994 g/mol. The van der Waals surface area contributed by atoms with Crippen molar-refractivity contribution < 1.29 is 0 Å². The van der Waals surface area contributed by atoms with Gasteiger partial charge in [0.2, 0.25) is 0 Å². The molecule has 0 amide bonds. The summed E-state index contributed by atoms with van der Waals surface area (Å²) < 4.78 is 0. The van der Waals surface area contributed by atoms with Crippen LogP contribution in [-0.2, 0) is 5.41 Å². The van der Waals surface area contributed by atoms with Crippen LogP contribution in [0.5, 0.6) is 0 Å². The van der Waals surface area contributed by atoms with Gasteiger partial charge in [0.25, 0.3) is 0 Å². The van der Waals surface area contributed by atoms with E-state index in [2.05, 4.69) is 307 Å². The van der Waals surface area contributed by atoms with Gasteiger partial charge in [0, 0.05) is 34.3 Å². The molecule has 0 fully saturated rings. The summed E-state index contributed by atoms with van der Waals surface area (Å²) in [5, 5.41) is 0. The highest BCUT2D eigenvalue weighted by molar-refractivity contribution is 5.96. The summed E-state index contributed by atoms with van der Waals surface area (Å²) in [6.07, 6.45) is 27.5. The Kier molecular flexibility index (Phi) is 13.2. The van der Waals surface area contributed by atoms with Gasteiger partial charge in [-0.25, -0.2) is 0 Å². The molecule has 77 heavy (non-hydrogen) atoms. The second-order valence-corrected chi connectivity index (χ2v) is 22.3. The molecular formula is C76H67N. The number of aryl methyl sites for hydroxylation is 2. The molecule has 1 nitrogen and oxygen atoms in total. The highest BCUT2D eigenvalue weighted by Gasteiger charge is 2.42. The fourth-order valence-corrected chi connectivity index (χ4v) is 12.6. The van der Waals surface area contributed by atoms with Crippen LogP contribution in [0.3, 0.4) is 0 Å². The summed E-state index contributed by atoms with van der Waals surface area (Å²) in [7, 11) is 0.